The van der Waals surface area contributed by atoms with Crippen molar-refractivity contribution < 1.29 is 9.84 Å². The van der Waals surface area contributed by atoms with Crippen LogP contribution >= 0.6 is 0 Å². The molecule has 136 valence electrons. The lowest BCUT2D eigenvalue weighted by atomic mass is 9.85. The summed E-state index contributed by atoms with van der Waals surface area (Å²) >= 11 is 0. The smallest absolute Gasteiger partial charge is 0.136 e. The van der Waals surface area contributed by atoms with E-state index in [1.165, 1.54) is 5.56 Å². The van der Waals surface area contributed by atoms with Crippen LogP contribution in [0.4, 0.5) is 0 Å². The summed E-state index contributed by atoms with van der Waals surface area (Å²) in [5.74, 6) is 0.977. The minimum absolute atomic E-state index is 0.229. The summed E-state index contributed by atoms with van der Waals surface area (Å²) < 4.78 is 8.33. The van der Waals surface area contributed by atoms with E-state index in [9.17, 15) is 5.11 Å². The van der Waals surface area contributed by atoms with Gasteiger partial charge < -0.3 is 9.84 Å². The number of hydrogen-bond donors (Lipinski definition) is 1. The van der Waals surface area contributed by atoms with Crippen molar-refractivity contribution in [1.29, 1.82) is 0 Å². The fraction of sp³-hybridized carbons (Fsp3) is 0.273. The number of benzene rings is 2. The van der Waals surface area contributed by atoms with Crippen molar-refractivity contribution in [2.24, 2.45) is 0 Å². The highest BCUT2D eigenvalue weighted by molar-refractivity contribution is 5.88. The van der Waals surface area contributed by atoms with Gasteiger partial charge in [0.05, 0.1) is 12.7 Å². The maximum Gasteiger partial charge on any atom is 0.136 e. The Kier molecular flexibility index (Phi) is 3.74. The lowest BCUT2D eigenvalue weighted by Gasteiger charge is -2.36. The summed E-state index contributed by atoms with van der Waals surface area (Å²) in [6.07, 6.45) is 8.33. The Morgan fingerprint density at radius 3 is 2.70 bits per heavy atom. The van der Waals surface area contributed by atoms with Crippen molar-refractivity contribution in [3.8, 4) is 11.5 Å². The minimum atomic E-state index is -0.367. The van der Waals surface area contributed by atoms with Gasteiger partial charge in [-0.25, -0.2) is 4.68 Å². The average Bonchev–Trinajstić information content (AvgIpc) is 3.32. The second kappa shape index (κ2) is 6.27. The Hall–Kier alpha value is -3.08. The van der Waals surface area contributed by atoms with Crippen LogP contribution in [0.1, 0.15) is 42.5 Å². The number of phenolic OH excluding ortho intramolecular Hbond substituents is 1. The second-order valence-electron chi connectivity index (χ2n) is 7.37. The molecule has 5 rings (SSSR count). The van der Waals surface area contributed by atoms with Crippen molar-refractivity contribution in [3.63, 3.8) is 0 Å². The second-order valence-corrected chi connectivity index (χ2v) is 7.37. The Bertz CT molecular complexity index is 1000. The zero-order chi connectivity index (χ0) is 18.3. The normalized spacial score (nSPS) is 17.4. The van der Waals surface area contributed by atoms with E-state index >= 15 is 0 Å². The van der Waals surface area contributed by atoms with Gasteiger partial charge in [0.25, 0.3) is 0 Å². The zero-order valence-electron chi connectivity index (χ0n) is 15.0. The third-order valence-electron chi connectivity index (χ3n) is 5.51. The summed E-state index contributed by atoms with van der Waals surface area (Å²) in [5, 5.41) is 18.6. The molecule has 2 aromatic carbocycles. The van der Waals surface area contributed by atoms with Crippen LogP contribution in [0.2, 0.25) is 0 Å². The van der Waals surface area contributed by atoms with Crippen molar-refractivity contribution in [2.75, 3.05) is 0 Å². The van der Waals surface area contributed by atoms with E-state index < -0.39 is 0 Å². The van der Waals surface area contributed by atoms with E-state index in [0.29, 0.717) is 6.54 Å². The standard InChI is InChI=1S/C22H21N3O2/c26-18-9-8-17-12-19(22(10-4-5-11-22)27-21(17)13-18)20-15-25(24-23-20)14-16-6-2-1-3-7-16/h1-3,6-9,12-13,15,26H,4-5,10-11,14H2. The number of nitrogens with zero attached hydrogens (tertiary/aromatic N) is 3. The number of fused-ring (bicyclic) bond motifs is 1. The number of aromatic hydroxyl groups is 1. The van der Waals surface area contributed by atoms with Crippen LogP contribution in [0.5, 0.6) is 11.5 Å². The first-order chi connectivity index (χ1) is 13.2. The molecule has 5 heteroatoms. The quantitative estimate of drug-likeness (QED) is 0.758. The Labute approximate surface area is 157 Å². The summed E-state index contributed by atoms with van der Waals surface area (Å²) in [6, 6.07) is 15.5. The van der Waals surface area contributed by atoms with Gasteiger partial charge in [-0.2, -0.15) is 0 Å². The third kappa shape index (κ3) is 2.89. The third-order valence-corrected chi connectivity index (χ3v) is 5.51. The highest BCUT2D eigenvalue weighted by atomic mass is 16.5. The molecule has 1 N–H and O–H groups in total. The number of rotatable bonds is 3. The van der Waals surface area contributed by atoms with Gasteiger partial charge in [-0.05, 0) is 49.5 Å². The van der Waals surface area contributed by atoms with E-state index in [4.69, 9.17) is 4.74 Å². The predicted octanol–water partition coefficient (Wildman–Crippen LogP) is 4.28. The molecule has 1 aromatic heterocycles. The Morgan fingerprint density at radius 1 is 1.07 bits per heavy atom. The summed E-state index contributed by atoms with van der Waals surface area (Å²) in [4.78, 5) is 0. The van der Waals surface area contributed by atoms with Crippen LogP contribution in [0.15, 0.2) is 54.7 Å². The van der Waals surface area contributed by atoms with E-state index in [0.717, 1.165) is 48.3 Å². The van der Waals surface area contributed by atoms with Gasteiger partial charge in [0.15, 0.2) is 0 Å². The van der Waals surface area contributed by atoms with Crippen molar-refractivity contribution in [2.45, 2.75) is 37.8 Å². The minimum Gasteiger partial charge on any atom is -0.508 e. The molecule has 2 aliphatic rings. The summed E-state index contributed by atoms with van der Waals surface area (Å²) in [6.45, 7) is 0.694. The fourth-order valence-electron chi connectivity index (χ4n) is 4.18. The van der Waals surface area contributed by atoms with Crippen LogP contribution in [0.3, 0.4) is 0 Å². The molecule has 0 saturated heterocycles. The Balaban J connectivity index is 1.53. The first-order valence-electron chi connectivity index (χ1n) is 9.41. The molecule has 0 unspecified atom stereocenters. The molecule has 0 amide bonds. The molecule has 2 heterocycles. The number of hydrogen-bond acceptors (Lipinski definition) is 4. The maximum absolute atomic E-state index is 9.82. The molecule has 1 saturated carbocycles. The van der Waals surface area contributed by atoms with E-state index in [1.807, 2.05) is 35.1 Å². The van der Waals surface area contributed by atoms with Crippen LogP contribution in [-0.2, 0) is 6.54 Å². The molecule has 0 bridgehead atoms. The van der Waals surface area contributed by atoms with Crippen LogP contribution in [0.25, 0.3) is 11.6 Å². The molecule has 0 radical (unpaired) electrons. The van der Waals surface area contributed by atoms with E-state index in [2.05, 4.69) is 28.5 Å². The van der Waals surface area contributed by atoms with Crippen LogP contribution < -0.4 is 4.74 Å². The topological polar surface area (TPSA) is 60.2 Å². The van der Waals surface area contributed by atoms with Crippen LogP contribution in [0, 0.1) is 0 Å². The highest BCUT2D eigenvalue weighted by Crippen LogP contribution is 2.49. The molecule has 3 aromatic rings. The number of phenols is 1. The van der Waals surface area contributed by atoms with E-state index in [1.54, 1.807) is 12.1 Å². The van der Waals surface area contributed by atoms with Gasteiger partial charge in [0.1, 0.15) is 22.8 Å². The zero-order valence-corrected chi connectivity index (χ0v) is 15.0. The lowest BCUT2D eigenvalue weighted by Crippen LogP contribution is -2.36. The summed E-state index contributed by atoms with van der Waals surface area (Å²) in [5.41, 5.74) is 3.76. The molecule has 1 spiro atoms. The number of ether oxygens (including phenoxy) is 1. The molecule has 5 nitrogen and oxygen atoms in total. The van der Waals surface area contributed by atoms with Gasteiger partial charge >= 0.3 is 0 Å². The number of aromatic nitrogens is 3. The fourth-order valence-corrected chi connectivity index (χ4v) is 4.18. The Morgan fingerprint density at radius 2 is 1.89 bits per heavy atom. The first kappa shape index (κ1) is 16.1. The predicted molar refractivity (Wildman–Crippen MR) is 103 cm³/mol. The molecular formula is C22H21N3O2. The average molecular weight is 359 g/mol. The maximum atomic E-state index is 9.82. The largest absolute Gasteiger partial charge is 0.508 e. The van der Waals surface area contributed by atoms with Gasteiger partial charge in [-0.1, -0.05) is 35.5 Å². The molecular weight excluding hydrogens is 338 g/mol. The molecule has 1 aliphatic carbocycles. The highest BCUT2D eigenvalue weighted by Gasteiger charge is 2.44. The van der Waals surface area contributed by atoms with Crippen molar-refractivity contribution in [1.82, 2.24) is 15.0 Å². The van der Waals surface area contributed by atoms with E-state index in [-0.39, 0.29) is 11.4 Å². The lowest BCUT2D eigenvalue weighted by molar-refractivity contribution is 0.135. The monoisotopic (exact) mass is 359 g/mol. The molecule has 0 atom stereocenters. The molecule has 27 heavy (non-hydrogen) atoms. The molecule has 1 aliphatic heterocycles. The summed E-state index contributed by atoms with van der Waals surface area (Å²) in [7, 11) is 0. The van der Waals surface area contributed by atoms with Gasteiger partial charge in [0, 0.05) is 17.2 Å². The van der Waals surface area contributed by atoms with Gasteiger partial charge in [-0.3, -0.25) is 0 Å². The van der Waals surface area contributed by atoms with Crippen LogP contribution in [-0.4, -0.2) is 25.7 Å². The SMILES string of the molecule is Oc1ccc2c(c1)OC1(CCCC1)C(c1cn(Cc3ccccc3)nn1)=C2. The van der Waals surface area contributed by atoms with Gasteiger partial charge in [0.2, 0.25) is 0 Å². The first-order valence-corrected chi connectivity index (χ1v) is 9.41. The van der Waals surface area contributed by atoms with Crippen molar-refractivity contribution >= 4 is 11.6 Å². The van der Waals surface area contributed by atoms with Crippen molar-refractivity contribution in [3.05, 3.63) is 71.5 Å². The van der Waals surface area contributed by atoms with Gasteiger partial charge in [-0.15, -0.1) is 5.10 Å². The molecule has 1 fully saturated rings.